The summed E-state index contributed by atoms with van der Waals surface area (Å²) in [5, 5.41) is 13.8. The average molecular weight is 354 g/mol. The third-order valence-electron chi connectivity index (χ3n) is 3.10. The summed E-state index contributed by atoms with van der Waals surface area (Å²) >= 11 is 1.53. The first-order valence-corrected chi connectivity index (χ1v) is 8.82. The number of carbonyl (C=O) groups excluding carboxylic acids is 2. The summed E-state index contributed by atoms with van der Waals surface area (Å²) in [6, 6.07) is 7.03. The van der Waals surface area contributed by atoms with E-state index in [4.69, 9.17) is 9.84 Å². The molecule has 0 saturated carbocycles. The monoisotopic (exact) mass is 354 g/mol. The topological polar surface area (TPSA) is 105 Å². The van der Waals surface area contributed by atoms with E-state index < -0.39 is 29.9 Å². The van der Waals surface area contributed by atoms with Crippen LogP contribution in [0.1, 0.15) is 13.3 Å². The normalized spacial score (nSPS) is 12.8. The lowest BCUT2D eigenvalue weighted by molar-refractivity contribution is -0.141. The Morgan fingerprint density at radius 2 is 1.88 bits per heavy atom. The van der Waals surface area contributed by atoms with Crippen molar-refractivity contribution in [2.24, 2.45) is 0 Å². The number of hydrogen-bond acceptors (Lipinski definition) is 5. The lowest BCUT2D eigenvalue weighted by Crippen LogP contribution is -2.51. The second kappa shape index (κ2) is 10.5. The Kier molecular flexibility index (Phi) is 8.70. The van der Waals surface area contributed by atoms with E-state index in [0.717, 1.165) is 0 Å². The number of carboxylic acids is 1. The first kappa shape index (κ1) is 19.8. The Hall–Kier alpha value is -2.22. The van der Waals surface area contributed by atoms with Gasteiger partial charge in [0.25, 0.3) is 5.91 Å². The van der Waals surface area contributed by atoms with Crippen LogP contribution in [0.3, 0.4) is 0 Å². The molecular weight excluding hydrogens is 332 g/mol. The SMILES string of the molecule is CSCCC(NC(=O)COc1ccccc1)C(=O)NC(C)C(=O)O. The predicted octanol–water partition coefficient (Wildman–Crippen LogP) is 0.893. The van der Waals surface area contributed by atoms with E-state index in [1.807, 2.05) is 12.3 Å². The summed E-state index contributed by atoms with van der Waals surface area (Å²) in [4.78, 5) is 34.9. The number of thioether (sulfide) groups is 1. The molecule has 24 heavy (non-hydrogen) atoms. The molecule has 2 unspecified atom stereocenters. The summed E-state index contributed by atoms with van der Waals surface area (Å²) in [6.45, 7) is 1.15. The standard InChI is InChI=1S/C16H22N2O5S/c1-11(16(21)22)17-15(20)13(8-9-24-2)18-14(19)10-23-12-6-4-3-5-7-12/h3-7,11,13H,8-10H2,1-2H3,(H,17,20)(H,18,19)(H,21,22). The van der Waals surface area contributed by atoms with Crippen molar-refractivity contribution < 1.29 is 24.2 Å². The molecule has 1 aromatic carbocycles. The smallest absolute Gasteiger partial charge is 0.325 e. The molecule has 2 atom stereocenters. The van der Waals surface area contributed by atoms with Crippen LogP contribution in [0.5, 0.6) is 5.75 Å². The molecule has 0 saturated heterocycles. The van der Waals surface area contributed by atoms with Crippen molar-refractivity contribution in [3.8, 4) is 5.75 Å². The largest absolute Gasteiger partial charge is 0.484 e. The first-order chi connectivity index (χ1) is 11.4. The number of rotatable bonds is 10. The van der Waals surface area contributed by atoms with Crippen LogP contribution < -0.4 is 15.4 Å². The molecule has 0 radical (unpaired) electrons. The number of amides is 2. The van der Waals surface area contributed by atoms with Crippen molar-refractivity contribution in [3.63, 3.8) is 0 Å². The zero-order valence-electron chi connectivity index (χ0n) is 13.7. The van der Waals surface area contributed by atoms with Gasteiger partial charge in [0.1, 0.15) is 17.8 Å². The van der Waals surface area contributed by atoms with E-state index in [-0.39, 0.29) is 6.61 Å². The van der Waals surface area contributed by atoms with Crippen LogP contribution in [0.4, 0.5) is 0 Å². The van der Waals surface area contributed by atoms with Crippen molar-refractivity contribution in [2.45, 2.75) is 25.4 Å². The van der Waals surface area contributed by atoms with Gasteiger partial charge in [-0.25, -0.2) is 0 Å². The summed E-state index contributed by atoms with van der Waals surface area (Å²) < 4.78 is 5.33. The first-order valence-electron chi connectivity index (χ1n) is 7.43. The van der Waals surface area contributed by atoms with Crippen LogP contribution in [0.25, 0.3) is 0 Å². The number of ether oxygens (including phenoxy) is 1. The minimum Gasteiger partial charge on any atom is -0.484 e. The average Bonchev–Trinajstić information content (AvgIpc) is 2.57. The quantitative estimate of drug-likeness (QED) is 0.576. The number of nitrogens with one attached hydrogen (secondary N) is 2. The zero-order valence-corrected chi connectivity index (χ0v) is 14.5. The van der Waals surface area contributed by atoms with Crippen LogP contribution in [0, 0.1) is 0 Å². The fraction of sp³-hybridized carbons (Fsp3) is 0.438. The molecule has 8 heteroatoms. The lowest BCUT2D eigenvalue weighted by Gasteiger charge is -2.19. The highest BCUT2D eigenvalue weighted by Crippen LogP contribution is 2.08. The number of para-hydroxylation sites is 1. The highest BCUT2D eigenvalue weighted by Gasteiger charge is 2.23. The number of carboxylic acid groups (broad SMARTS) is 1. The summed E-state index contributed by atoms with van der Waals surface area (Å²) in [6.07, 6.45) is 2.28. The van der Waals surface area contributed by atoms with Crippen LogP contribution >= 0.6 is 11.8 Å². The van der Waals surface area contributed by atoms with E-state index in [9.17, 15) is 14.4 Å². The van der Waals surface area contributed by atoms with E-state index >= 15 is 0 Å². The Morgan fingerprint density at radius 3 is 2.46 bits per heavy atom. The molecule has 2 amide bonds. The molecule has 0 aliphatic carbocycles. The molecule has 0 aliphatic rings. The van der Waals surface area contributed by atoms with Crippen molar-refractivity contribution in [1.82, 2.24) is 10.6 Å². The van der Waals surface area contributed by atoms with E-state index in [0.29, 0.717) is 17.9 Å². The van der Waals surface area contributed by atoms with E-state index in [2.05, 4.69) is 10.6 Å². The fourth-order valence-electron chi connectivity index (χ4n) is 1.78. The van der Waals surface area contributed by atoms with Gasteiger partial charge in [-0.2, -0.15) is 11.8 Å². The summed E-state index contributed by atoms with van der Waals surface area (Å²) in [5.41, 5.74) is 0. The third kappa shape index (κ3) is 7.36. The van der Waals surface area contributed by atoms with Gasteiger partial charge < -0.3 is 20.5 Å². The van der Waals surface area contributed by atoms with Gasteiger partial charge in [-0.05, 0) is 37.5 Å². The van der Waals surface area contributed by atoms with Gasteiger partial charge in [-0.15, -0.1) is 0 Å². The minimum atomic E-state index is -1.13. The summed E-state index contributed by atoms with van der Waals surface area (Å²) in [5.74, 6) is -0.891. The number of benzene rings is 1. The van der Waals surface area contributed by atoms with Gasteiger partial charge in [0.05, 0.1) is 0 Å². The Balaban J connectivity index is 2.55. The van der Waals surface area contributed by atoms with Crippen LogP contribution in [0.2, 0.25) is 0 Å². The molecule has 0 aromatic heterocycles. The molecule has 0 spiro atoms. The van der Waals surface area contributed by atoms with Gasteiger partial charge in [0, 0.05) is 0 Å². The Bertz CT molecular complexity index is 553. The van der Waals surface area contributed by atoms with Crippen molar-refractivity contribution in [2.75, 3.05) is 18.6 Å². The molecule has 0 heterocycles. The number of carbonyl (C=O) groups is 3. The van der Waals surface area contributed by atoms with Gasteiger partial charge >= 0.3 is 5.97 Å². The van der Waals surface area contributed by atoms with Crippen molar-refractivity contribution in [1.29, 1.82) is 0 Å². The minimum absolute atomic E-state index is 0.221. The Morgan fingerprint density at radius 1 is 1.21 bits per heavy atom. The third-order valence-corrected chi connectivity index (χ3v) is 3.75. The van der Waals surface area contributed by atoms with Crippen LogP contribution in [0.15, 0.2) is 30.3 Å². The molecule has 0 fully saturated rings. The second-order valence-electron chi connectivity index (χ2n) is 5.07. The molecule has 132 valence electrons. The highest BCUT2D eigenvalue weighted by molar-refractivity contribution is 7.98. The van der Waals surface area contributed by atoms with Crippen molar-refractivity contribution >= 4 is 29.5 Å². The van der Waals surface area contributed by atoms with Gasteiger partial charge in [0.15, 0.2) is 6.61 Å². The number of hydrogen-bond donors (Lipinski definition) is 3. The lowest BCUT2D eigenvalue weighted by atomic mass is 10.2. The van der Waals surface area contributed by atoms with Crippen LogP contribution in [-0.2, 0) is 14.4 Å². The predicted molar refractivity (Wildman–Crippen MR) is 92.1 cm³/mol. The zero-order chi connectivity index (χ0) is 17.9. The molecule has 7 nitrogen and oxygen atoms in total. The van der Waals surface area contributed by atoms with E-state index in [1.165, 1.54) is 18.7 Å². The maximum Gasteiger partial charge on any atom is 0.325 e. The van der Waals surface area contributed by atoms with Gasteiger partial charge in [-0.1, -0.05) is 18.2 Å². The second-order valence-corrected chi connectivity index (χ2v) is 6.06. The summed E-state index contributed by atoms with van der Waals surface area (Å²) in [7, 11) is 0. The van der Waals surface area contributed by atoms with Gasteiger partial charge in [0.2, 0.25) is 5.91 Å². The molecule has 1 rings (SSSR count). The molecule has 0 aliphatic heterocycles. The van der Waals surface area contributed by atoms with Gasteiger partial charge in [-0.3, -0.25) is 14.4 Å². The molecule has 1 aromatic rings. The Labute approximate surface area is 145 Å². The molecule has 0 bridgehead atoms. The maximum absolute atomic E-state index is 12.1. The fourth-order valence-corrected chi connectivity index (χ4v) is 2.25. The molecule has 3 N–H and O–H groups in total. The number of aliphatic carboxylic acids is 1. The maximum atomic E-state index is 12.1. The van der Waals surface area contributed by atoms with E-state index in [1.54, 1.807) is 24.3 Å². The highest BCUT2D eigenvalue weighted by atomic mass is 32.2. The van der Waals surface area contributed by atoms with Crippen LogP contribution in [-0.4, -0.2) is 53.6 Å². The molecular formula is C16H22N2O5S. The van der Waals surface area contributed by atoms with Crippen molar-refractivity contribution in [3.05, 3.63) is 30.3 Å².